The minimum atomic E-state index is -1.16. The first-order valence-electron chi connectivity index (χ1n) is 6.00. The van der Waals surface area contributed by atoms with Crippen LogP contribution in [0.25, 0.3) is 0 Å². The van der Waals surface area contributed by atoms with Crippen LogP contribution in [0.15, 0.2) is 48.5 Å². The monoisotopic (exact) mass is 288 g/mol. The van der Waals surface area contributed by atoms with E-state index < -0.39 is 22.6 Å². The predicted octanol–water partition coefficient (Wildman–Crippen LogP) is 2.54. The van der Waals surface area contributed by atoms with Crippen molar-refractivity contribution in [1.29, 1.82) is 0 Å². The van der Waals surface area contributed by atoms with Crippen LogP contribution in [0.4, 0.5) is 11.4 Å². The lowest BCUT2D eigenvalue weighted by molar-refractivity contribution is -0.384. The van der Waals surface area contributed by atoms with Crippen molar-refractivity contribution in [2.75, 3.05) is 5.32 Å². The SMILES string of the molecule is O=C(O)C(Nc1ccc(O)cc1[N+](=O)[O-])c1ccccc1. The molecule has 108 valence electrons. The van der Waals surface area contributed by atoms with Crippen molar-refractivity contribution >= 4 is 17.3 Å². The van der Waals surface area contributed by atoms with E-state index in [1.807, 2.05) is 0 Å². The van der Waals surface area contributed by atoms with E-state index in [-0.39, 0.29) is 11.4 Å². The second-order valence-corrected chi connectivity index (χ2v) is 4.28. The second kappa shape index (κ2) is 5.91. The van der Waals surface area contributed by atoms with Gasteiger partial charge in [0.05, 0.1) is 11.0 Å². The molecule has 3 N–H and O–H groups in total. The molecule has 21 heavy (non-hydrogen) atoms. The molecule has 0 aliphatic rings. The van der Waals surface area contributed by atoms with E-state index in [1.54, 1.807) is 30.3 Å². The van der Waals surface area contributed by atoms with Crippen molar-refractivity contribution in [3.63, 3.8) is 0 Å². The lowest BCUT2D eigenvalue weighted by Gasteiger charge is -2.16. The zero-order valence-electron chi connectivity index (χ0n) is 10.8. The van der Waals surface area contributed by atoms with Crippen molar-refractivity contribution < 1.29 is 19.9 Å². The van der Waals surface area contributed by atoms with Crippen LogP contribution in [0.3, 0.4) is 0 Å². The van der Waals surface area contributed by atoms with Gasteiger partial charge in [-0.15, -0.1) is 0 Å². The van der Waals surface area contributed by atoms with Crippen molar-refractivity contribution in [1.82, 2.24) is 0 Å². The number of phenols is 1. The van der Waals surface area contributed by atoms with Crippen molar-refractivity contribution in [2.45, 2.75) is 6.04 Å². The fourth-order valence-electron chi connectivity index (χ4n) is 1.88. The number of aliphatic carboxylic acids is 1. The summed E-state index contributed by atoms with van der Waals surface area (Å²) in [6, 6.07) is 10.7. The summed E-state index contributed by atoms with van der Waals surface area (Å²) < 4.78 is 0. The number of hydrogen-bond donors (Lipinski definition) is 3. The molecule has 0 saturated carbocycles. The van der Waals surface area contributed by atoms with Gasteiger partial charge in [0, 0.05) is 0 Å². The molecule has 0 aromatic heterocycles. The highest BCUT2D eigenvalue weighted by Gasteiger charge is 2.23. The van der Waals surface area contributed by atoms with Gasteiger partial charge in [-0.25, -0.2) is 4.79 Å². The van der Waals surface area contributed by atoms with E-state index in [0.717, 1.165) is 6.07 Å². The Morgan fingerprint density at radius 2 is 1.86 bits per heavy atom. The molecule has 0 radical (unpaired) electrons. The normalized spacial score (nSPS) is 11.6. The fourth-order valence-corrected chi connectivity index (χ4v) is 1.88. The summed E-state index contributed by atoms with van der Waals surface area (Å²) in [6.07, 6.45) is 0. The number of carboxylic acid groups (broad SMARTS) is 1. The maximum Gasteiger partial charge on any atom is 0.330 e. The summed E-state index contributed by atoms with van der Waals surface area (Å²) in [7, 11) is 0. The first-order valence-corrected chi connectivity index (χ1v) is 6.00. The van der Waals surface area contributed by atoms with Gasteiger partial charge < -0.3 is 15.5 Å². The van der Waals surface area contributed by atoms with Crippen LogP contribution >= 0.6 is 0 Å². The Hall–Kier alpha value is -3.09. The molecule has 0 heterocycles. The fraction of sp³-hybridized carbons (Fsp3) is 0.0714. The molecule has 0 aliphatic heterocycles. The number of aromatic hydroxyl groups is 1. The highest BCUT2D eigenvalue weighted by molar-refractivity contribution is 5.81. The third kappa shape index (κ3) is 3.27. The van der Waals surface area contributed by atoms with Crippen molar-refractivity contribution in [2.24, 2.45) is 0 Å². The third-order valence-electron chi connectivity index (χ3n) is 2.86. The molecule has 1 unspecified atom stereocenters. The largest absolute Gasteiger partial charge is 0.508 e. The zero-order valence-corrected chi connectivity index (χ0v) is 10.8. The number of hydrogen-bond acceptors (Lipinski definition) is 5. The van der Waals surface area contributed by atoms with Gasteiger partial charge >= 0.3 is 5.97 Å². The minimum Gasteiger partial charge on any atom is -0.508 e. The Labute approximate surface area is 119 Å². The highest BCUT2D eigenvalue weighted by atomic mass is 16.6. The molecule has 0 spiro atoms. The van der Waals surface area contributed by atoms with Crippen LogP contribution < -0.4 is 5.32 Å². The summed E-state index contributed by atoms with van der Waals surface area (Å²) in [4.78, 5) is 21.7. The number of nitrogens with zero attached hydrogens (tertiary/aromatic N) is 1. The quantitative estimate of drug-likeness (QED) is 0.442. The van der Waals surface area contributed by atoms with Crippen LogP contribution in [-0.2, 0) is 4.79 Å². The van der Waals surface area contributed by atoms with Crippen LogP contribution in [0.1, 0.15) is 11.6 Å². The number of phenolic OH excluding ortho intramolecular Hbond substituents is 1. The molecule has 7 nitrogen and oxygen atoms in total. The molecule has 1 atom stereocenters. The van der Waals surface area contributed by atoms with Gasteiger partial charge in [-0.05, 0) is 17.7 Å². The summed E-state index contributed by atoms with van der Waals surface area (Å²) in [5.41, 5.74) is 0.0959. The Morgan fingerprint density at radius 1 is 1.19 bits per heavy atom. The number of nitrogens with one attached hydrogen (secondary N) is 1. The molecular formula is C14H12N2O5. The molecule has 0 bridgehead atoms. The third-order valence-corrected chi connectivity index (χ3v) is 2.86. The van der Waals surface area contributed by atoms with Crippen LogP contribution in [-0.4, -0.2) is 21.1 Å². The standard InChI is InChI=1S/C14H12N2O5/c17-10-6-7-11(12(8-10)16(20)21)15-13(14(18)19)9-4-2-1-3-5-9/h1-8,13,15,17H,(H,18,19). The van der Waals surface area contributed by atoms with Gasteiger partial charge in [-0.1, -0.05) is 30.3 Å². The van der Waals surface area contributed by atoms with Gasteiger partial charge in [0.15, 0.2) is 6.04 Å². The molecule has 0 saturated heterocycles. The molecule has 0 aliphatic carbocycles. The van der Waals surface area contributed by atoms with E-state index in [2.05, 4.69) is 5.32 Å². The lowest BCUT2D eigenvalue weighted by atomic mass is 10.1. The molecule has 7 heteroatoms. The minimum absolute atomic E-state index is 0.0223. The number of carbonyl (C=O) groups is 1. The Morgan fingerprint density at radius 3 is 2.43 bits per heavy atom. The molecule has 0 fully saturated rings. The number of nitro groups is 1. The molecule has 2 aromatic rings. The number of carboxylic acids is 1. The van der Waals surface area contributed by atoms with Crippen LogP contribution in [0.2, 0.25) is 0 Å². The first kappa shape index (κ1) is 14.3. The number of benzene rings is 2. The maximum atomic E-state index is 11.4. The van der Waals surface area contributed by atoms with E-state index in [1.165, 1.54) is 12.1 Å². The first-order chi connectivity index (χ1) is 9.99. The van der Waals surface area contributed by atoms with Crippen molar-refractivity contribution in [3.05, 3.63) is 64.2 Å². The van der Waals surface area contributed by atoms with E-state index in [9.17, 15) is 25.1 Å². The van der Waals surface area contributed by atoms with E-state index >= 15 is 0 Å². The summed E-state index contributed by atoms with van der Waals surface area (Å²) in [5.74, 6) is -1.43. The topological polar surface area (TPSA) is 113 Å². The molecule has 2 rings (SSSR count). The summed E-state index contributed by atoms with van der Waals surface area (Å²) >= 11 is 0. The van der Waals surface area contributed by atoms with Gasteiger partial charge in [0.25, 0.3) is 5.69 Å². The highest BCUT2D eigenvalue weighted by Crippen LogP contribution is 2.31. The number of anilines is 1. The Balaban J connectivity index is 2.39. The second-order valence-electron chi connectivity index (χ2n) is 4.28. The lowest BCUT2D eigenvalue weighted by Crippen LogP contribution is -2.20. The van der Waals surface area contributed by atoms with E-state index in [0.29, 0.717) is 5.56 Å². The Bertz CT molecular complexity index is 672. The van der Waals surface area contributed by atoms with E-state index in [4.69, 9.17) is 0 Å². The predicted molar refractivity (Wildman–Crippen MR) is 75.2 cm³/mol. The van der Waals surface area contributed by atoms with Crippen molar-refractivity contribution in [3.8, 4) is 5.75 Å². The summed E-state index contributed by atoms with van der Waals surface area (Å²) in [5, 5.41) is 32.2. The number of nitro benzene ring substituents is 1. The summed E-state index contributed by atoms with van der Waals surface area (Å²) in [6.45, 7) is 0. The maximum absolute atomic E-state index is 11.4. The van der Waals surface area contributed by atoms with Gasteiger partial charge in [-0.3, -0.25) is 10.1 Å². The average molecular weight is 288 g/mol. The van der Waals surface area contributed by atoms with Crippen LogP contribution in [0, 0.1) is 10.1 Å². The Kier molecular flexibility index (Phi) is 4.03. The van der Waals surface area contributed by atoms with Crippen LogP contribution in [0.5, 0.6) is 5.75 Å². The smallest absolute Gasteiger partial charge is 0.330 e. The van der Waals surface area contributed by atoms with Gasteiger partial charge in [0.2, 0.25) is 0 Å². The van der Waals surface area contributed by atoms with Gasteiger partial charge in [0.1, 0.15) is 11.4 Å². The average Bonchev–Trinajstić information content (AvgIpc) is 2.46. The molecule has 2 aromatic carbocycles. The zero-order chi connectivity index (χ0) is 15.4. The molecule has 0 amide bonds. The molecular weight excluding hydrogens is 276 g/mol. The number of rotatable bonds is 5. The van der Waals surface area contributed by atoms with Gasteiger partial charge in [-0.2, -0.15) is 0 Å².